The average molecular weight is 274 g/mol. The number of ether oxygens (including phenoxy) is 2. The molecule has 1 rings (SSSR count). The van der Waals surface area contributed by atoms with E-state index in [0.29, 0.717) is 6.10 Å². The third-order valence-corrected chi connectivity index (χ3v) is 4.70. The molecule has 0 spiro atoms. The van der Waals surface area contributed by atoms with Crippen LogP contribution in [-0.2, 0) is 9.47 Å². The summed E-state index contributed by atoms with van der Waals surface area (Å²) in [4.78, 5) is 0. The van der Waals surface area contributed by atoms with Gasteiger partial charge in [-0.2, -0.15) is 12.6 Å². The molecule has 18 heavy (non-hydrogen) atoms. The number of unbranched alkanes of at least 4 members (excludes halogenated alkanes) is 3. The molecule has 0 aromatic rings. The molecule has 2 nitrogen and oxygen atoms in total. The zero-order chi connectivity index (χ0) is 13.3. The Balaban J connectivity index is 2.16. The van der Waals surface area contributed by atoms with Crippen molar-refractivity contribution in [3.63, 3.8) is 0 Å². The molecule has 0 radical (unpaired) electrons. The molecule has 1 aliphatic heterocycles. The maximum atomic E-state index is 6.05. The Hall–Kier alpha value is 0.270. The van der Waals surface area contributed by atoms with Crippen LogP contribution < -0.4 is 0 Å². The Bertz CT molecular complexity index is 203. The van der Waals surface area contributed by atoms with Crippen LogP contribution in [0.5, 0.6) is 0 Å². The second kappa shape index (κ2) is 9.22. The fourth-order valence-electron chi connectivity index (χ4n) is 2.41. The summed E-state index contributed by atoms with van der Waals surface area (Å²) in [6.45, 7) is 7.05. The Kier molecular flexibility index (Phi) is 8.36. The number of thiol groups is 1. The predicted octanol–water partition coefficient (Wildman–Crippen LogP) is 4.09. The molecule has 1 atom stereocenters. The minimum absolute atomic E-state index is 0.263. The van der Waals surface area contributed by atoms with Crippen LogP contribution in [0.2, 0.25) is 0 Å². The molecule has 0 saturated carbocycles. The fourth-order valence-corrected chi connectivity index (χ4v) is 2.82. The van der Waals surface area contributed by atoms with Crippen LogP contribution in [0.1, 0.15) is 58.8 Å². The summed E-state index contributed by atoms with van der Waals surface area (Å²) in [5, 5.41) is 0. The first-order valence-corrected chi connectivity index (χ1v) is 8.16. The molecule has 0 aromatic heterocycles. The van der Waals surface area contributed by atoms with Gasteiger partial charge in [0.05, 0.1) is 12.7 Å². The van der Waals surface area contributed by atoms with Crippen LogP contribution in [0, 0.1) is 5.41 Å². The first kappa shape index (κ1) is 16.3. The van der Waals surface area contributed by atoms with Crippen molar-refractivity contribution >= 4 is 12.6 Å². The molecule has 1 unspecified atom stereocenters. The van der Waals surface area contributed by atoms with E-state index in [-0.39, 0.29) is 5.41 Å². The quantitative estimate of drug-likeness (QED) is 0.504. The Labute approximate surface area is 118 Å². The van der Waals surface area contributed by atoms with Crippen LogP contribution >= 0.6 is 12.6 Å². The van der Waals surface area contributed by atoms with Crippen molar-refractivity contribution in [2.45, 2.75) is 64.9 Å². The highest BCUT2D eigenvalue weighted by Crippen LogP contribution is 2.32. The summed E-state index contributed by atoms with van der Waals surface area (Å²) in [6, 6.07) is 0. The maximum Gasteiger partial charge on any atom is 0.0547 e. The van der Waals surface area contributed by atoms with Gasteiger partial charge >= 0.3 is 0 Å². The Morgan fingerprint density at radius 1 is 1.22 bits per heavy atom. The van der Waals surface area contributed by atoms with E-state index in [1.807, 2.05) is 0 Å². The van der Waals surface area contributed by atoms with E-state index < -0.39 is 0 Å². The molecular weight excluding hydrogens is 244 g/mol. The van der Waals surface area contributed by atoms with Crippen molar-refractivity contribution < 1.29 is 9.47 Å². The average Bonchev–Trinajstić information content (AvgIpc) is 2.42. The third kappa shape index (κ3) is 5.94. The van der Waals surface area contributed by atoms with Crippen molar-refractivity contribution in [1.82, 2.24) is 0 Å². The monoisotopic (exact) mass is 274 g/mol. The van der Waals surface area contributed by atoms with Crippen molar-refractivity contribution in [2.75, 3.05) is 25.6 Å². The van der Waals surface area contributed by atoms with Gasteiger partial charge in [0.25, 0.3) is 0 Å². The number of hydrogen-bond acceptors (Lipinski definition) is 3. The summed E-state index contributed by atoms with van der Waals surface area (Å²) in [6.07, 6.45) is 9.07. The minimum atomic E-state index is 0.263. The Morgan fingerprint density at radius 2 is 1.94 bits per heavy atom. The lowest BCUT2D eigenvalue weighted by molar-refractivity contribution is -0.0498. The van der Waals surface area contributed by atoms with E-state index >= 15 is 0 Å². The molecule has 1 saturated heterocycles. The predicted molar refractivity (Wildman–Crippen MR) is 80.5 cm³/mol. The molecule has 0 aromatic carbocycles. The highest BCUT2D eigenvalue weighted by Gasteiger charge is 2.32. The largest absolute Gasteiger partial charge is 0.381 e. The van der Waals surface area contributed by atoms with Gasteiger partial charge in [0.2, 0.25) is 0 Å². The SMILES string of the molecule is CCCCCCC(C)OCC1(CS)CCOCC1. The van der Waals surface area contributed by atoms with Gasteiger partial charge in [-0.1, -0.05) is 32.6 Å². The highest BCUT2D eigenvalue weighted by molar-refractivity contribution is 7.80. The van der Waals surface area contributed by atoms with Gasteiger partial charge in [0.15, 0.2) is 0 Å². The maximum absolute atomic E-state index is 6.05. The molecule has 0 bridgehead atoms. The van der Waals surface area contributed by atoms with E-state index in [0.717, 1.165) is 38.4 Å². The van der Waals surface area contributed by atoms with Crippen molar-refractivity contribution in [2.24, 2.45) is 5.41 Å². The van der Waals surface area contributed by atoms with Crippen LogP contribution in [0.15, 0.2) is 0 Å². The molecule has 1 fully saturated rings. The van der Waals surface area contributed by atoms with Crippen LogP contribution in [0.4, 0.5) is 0 Å². The van der Waals surface area contributed by atoms with Gasteiger partial charge in [0, 0.05) is 18.6 Å². The van der Waals surface area contributed by atoms with E-state index in [1.165, 1.54) is 32.1 Å². The van der Waals surface area contributed by atoms with E-state index in [1.54, 1.807) is 0 Å². The summed E-state index contributed by atoms with van der Waals surface area (Å²) in [5.74, 6) is 0.916. The second-order valence-corrected chi connectivity index (χ2v) is 6.06. The summed E-state index contributed by atoms with van der Waals surface area (Å²) >= 11 is 4.51. The summed E-state index contributed by atoms with van der Waals surface area (Å²) < 4.78 is 11.5. The fraction of sp³-hybridized carbons (Fsp3) is 1.00. The van der Waals surface area contributed by atoms with Crippen LogP contribution in [0.25, 0.3) is 0 Å². The van der Waals surface area contributed by atoms with Gasteiger partial charge in [0.1, 0.15) is 0 Å². The zero-order valence-electron chi connectivity index (χ0n) is 12.1. The molecular formula is C15H30O2S. The van der Waals surface area contributed by atoms with Gasteiger partial charge < -0.3 is 9.47 Å². The zero-order valence-corrected chi connectivity index (χ0v) is 13.0. The van der Waals surface area contributed by atoms with E-state index in [2.05, 4.69) is 26.5 Å². The normalized spacial score (nSPS) is 20.8. The first-order valence-electron chi connectivity index (χ1n) is 7.52. The van der Waals surface area contributed by atoms with Crippen molar-refractivity contribution in [1.29, 1.82) is 0 Å². The number of rotatable bonds is 9. The van der Waals surface area contributed by atoms with Gasteiger partial charge in [-0.15, -0.1) is 0 Å². The molecule has 0 aliphatic carbocycles. The van der Waals surface area contributed by atoms with Crippen LogP contribution in [0.3, 0.4) is 0 Å². The highest BCUT2D eigenvalue weighted by atomic mass is 32.1. The molecule has 3 heteroatoms. The van der Waals surface area contributed by atoms with E-state index in [9.17, 15) is 0 Å². The molecule has 108 valence electrons. The topological polar surface area (TPSA) is 18.5 Å². The second-order valence-electron chi connectivity index (χ2n) is 5.74. The summed E-state index contributed by atoms with van der Waals surface area (Å²) in [7, 11) is 0. The summed E-state index contributed by atoms with van der Waals surface area (Å²) in [5.41, 5.74) is 0.263. The van der Waals surface area contributed by atoms with Crippen molar-refractivity contribution in [3.05, 3.63) is 0 Å². The lowest BCUT2D eigenvalue weighted by Gasteiger charge is -2.36. The lowest BCUT2D eigenvalue weighted by atomic mass is 9.83. The minimum Gasteiger partial charge on any atom is -0.381 e. The smallest absolute Gasteiger partial charge is 0.0547 e. The van der Waals surface area contributed by atoms with Gasteiger partial charge in [-0.3, -0.25) is 0 Å². The molecule has 0 amide bonds. The molecule has 1 heterocycles. The van der Waals surface area contributed by atoms with E-state index in [4.69, 9.17) is 9.47 Å². The van der Waals surface area contributed by atoms with Gasteiger partial charge in [-0.05, 0) is 31.9 Å². The lowest BCUT2D eigenvalue weighted by Crippen LogP contribution is -2.36. The van der Waals surface area contributed by atoms with Crippen molar-refractivity contribution in [3.8, 4) is 0 Å². The molecule has 0 N–H and O–H groups in total. The molecule has 1 aliphatic rings. The van der Waals surface area contributed by atoms with Gasteiger partial charge in [-0.25, -0.2) is 0 Å². The first-order chi connectivity index (χ1) is 8.72. The standard InChI is InChI=1S/C15H30O2S/c1-3-4-5-6-7-14(2)17-12-15(13-18)8-10-16-11-9-15/h14,18H,3-13H2,1-2H3. The Morgan fingerprint density at radius 3 is 2.56 bits per heavy atom. The third-order valence-electron chi connectivity index (χ3n) is 4.03. The number of hydrogen-bond donors (Lipinski definition) is 1. The van der Waals surface area contributed by atoms with Crippen LogP contribution in [-0.4, -0.2) is 31.7 Å².